The summed E-state index contributed by atoms with van der Waals surface area (Å²) < 4.78 is 27.0. The summed E-state index contributed by atoms with van der Waals surface area (Å²) in [7, 11) is -4.00. The maximum atomic E-state index is 12.3. The summed E-state index contributed by atoms with van der Waals surface area (Å²) in [6.07, 6.45) is 0. The van der Waals surface area contributed by atoms with E-state index < -0.39 is 20.6 Å². The van der Waals surface area contributed by atoms with E-state index in [0.717, 1.165) is 6.07 Å². The monoisotopic (exact) mass is 360 g/mol. The van der Waals surface area contributed by atoms with Crippen molar-refractivity contribution in [3.05, 3.63) is 62.1 Å². The number of hydrogen-bond donors (Lipinski definition) is 1. The number of rotatable bonds is 4. The molecule has 0 aromatic heterocycles. The zero-order chi connectivity index (χ0) is 16.5. The fraction of sp³-hybridized carbons (Fsp3) is 0.0769. The van der Waals surface area contributed by atoms with Crippen molar-refractivity contribution in [2.45, 2.75) is 11.8 Å². The largest absolute Gasteiger partial charge is 0.289 e. The molecule has 2 rings (SSSR count). The van der Waals surface area contributed by atoms with E-state index in [1.807, 2.05) is 0 Å². The van der Waals surface area contributed by atoms with Crippen molar-refractivity contribution in [1.29, 1.82) is 0 Å². The number of nitrogens with zero attached hydrogens (tertiary/aromatic N) is 1. The van der Waals surface area contributed by atoms with Crippen molar-refractivity contribution in [3.63, 3.8) is 0 Å². The summed E-state index contributed by atoms with van der Waals surface area (Å²) in [5.41, 5.74) is 0.369. The van der Waals surface area contributed by atoms with Gasteiger partial charge in [-0.15, -0.1) is 0 Å². The van der Waals surface area contributed by atoms with Gasteiger partial charge in [-0.1, -0.05) is 29.3 Å². The molecule has 0 aliphatic carbocycles. The van der Waals surface area contributed by atoms with Gasteiger partial charge < -0.3 is 0 Å². The number of halogens is 2. The molecular formula is C13H10Cl2N2O4S. The predicted molar refractivity (Wildman–Crippen MR) is 85.1 cm³/mol. The van der Waals surface area contributed by atoms with Crippen LogP contribution in [0.4, 0.5) is 11.4 Å². The van der Waals surface area contributed by atoms with Crippen LogP contribution in [-0.4, -0.2) is 13.3 Å². The predicted octanol–water partition coefficient (Wildman–Crippen LogP) is 4.01. The zero-order valence-corrected chi connectivity index (χ0v) is 13.5. The first kappa shape index (κ1) is 16.5. The minimum atomic E-state index is -4.00. The lowest BCUT2D eigenvalue weighted by molar-refractivity contribution is -0.384. The normalized spacial score (nSPS) is 11.2. The zero-order valence-electron chi connectivity index (χ0n) is 11.2. The van der Waals surface area contributed by atoms with Gasteiger partial charge in [0.1, 0.15) is 5.02 Å². The molecule has 0 saturated heterocycles. The molecule has 1 N–H and O–H groups in total. The molecule has 9 heteroatoms. The van der Waals surface area contributed by atoms with Crippen molar-refractivity contribution in [3.8, 4) is 0 Å². The Morgan fingerprint density at radius 2 is 1.82 bits per heavy atom. The molecule has 0 aliphatic heterocycles. The third-order valence-corrected chi connectivity index (χ3v) is 5.03. The van der Waals surface area contributed by atoms with E-state index in [9.17, 15) is 18.5 Å². The second-order valence-corrected chi connectivity index (χ2v) is 6.89. The number of nitro groups is 1. The van der Waals surface area contributed by atoms with Gasteiger partial charge >= 0.3 is 0 Å². The molecule has 0 aliphatic rings. The second-order valence-electron chi connectivity index (χ2n) is 4.39. The highest BCUT2D eigenvalue weighted by Crippen LogP contribution is 2.29. The molecule has 22 heavy (non-hydrogen) atoms. The van der Waals surface area contributed by atoms with E-state index in [1.54, 1.807) is 25.1 Å². The topological polar surface area (TPSA) is 89.3 Å². The third kappa shape index (κ3) is 3.32. The van der Waals surface area contributed by atoms with Crippen molar-refractivity contribution in [2.24, 2.45) is 0 Å². The fourth-order valence-corrected chi connectivity index (χ4v) is 3.22. The highest BCUT2D eigenvalue weighted by atomic mass is 35.5. The van der Waals surface area contributed by atoms with Gasteiger partial charge in [0, 0.05) is 11.1 Å². The van der Waals surface area contributed by atoms with E-state index in [2.05, 4.69) is 4.72 Å². The lowest BCUT2D eigenvalue weighted by atomic mass is 10.2. The highest BCUT2D eigenvalue weighted by molar-refractivity contribution is 7.92. The number of hydrogen-bond acceptors (Lipinski definition) is 4. The Morgan fingerprint density at radius 1 is 1.14 bits per heavy atom. The van der Waals surface area contributed by atoms with E-state index in [0.29, 0.717) is 16.3 Å². The first-order valence-electron chi connectivity index (χ1n) is 5.94. The van der Waals surface area contributed by atoms with E-state index in [1.165, 1.54) is 12.1 Å². The van der Waals surface area contributed by atoms with Crippen LogP contribution >= 0.6 is 23.2 Å². The summed E-state index contributed by atoms with van der Waals surface area (Å²) in [4.78, 5) is 9.84. The lowest BCUT2D eigenvalue weighted by Gasteiger charge is -2.11. The van der Waals surface area contributed by atoms with Gasteiger partial charge in [0.05, 0.1) is 15.5 Å². The van der Waals surface area contributed by atoms with Crippen LogP contribution in [0, 0.1) is 17.0 Å². The first-order valence-corrected chi connectivity index (χ1v) is 8.18. The maximum absolute atomic E-state index is 12.3. The Hall–Kier alpha value is -1.83. The molecule has 2 aromatic carbocycles. The molecule has 0 atom stereocenters. The number of nitrogens with one attached hydrogen (secondary N) is 1. The molecule has 0 fully saturated rings. The van der Waals surface area contributed by atoms with Gasteiger partial charge in [-0.3, -0.25) is 14.8 Å². The molecule has 0 bridgehead atoms. The second kappa shape index (κ2) is 6.12. The Morgan fingerprint density at radius 3 is 2.45 bits per heavy atom. The van der Waals surface area contributed by atoms with Crippen molar-refractivity contribution in [1.82, 2.24) is 0 Å². The summed E-state index contributed by atoms with van der Waals surface area (Å²) in [6, 6.07) is 8.03. The molecule has 0 heterocycles. The van der Waals surface area contributed by atoms with Crippen LogP contribution in [0.3, 0.4) is 0 Å². The molecule has 6 nitrogen and oxygen atoms in total. The van der Waals surface area contributed by atoms with Crippen LogP contribution in [-0.2, 0) is 10.0 Å². The Kier molecular flexibility index (Phi) is 4.60. The van der Waals surface area contributed by atoms with E-state index in [4.69, 9.17) is 23.2 Å². The molecule has 0 unspecified atom stereocenters. The quantitative estimate of drug-likeness (QED) is 0.658. The summed E-state index contributed by atoms with van der Waals surface area (Å²) in [5, 5.41) is 11.1. The molecule has 0 spiro atoms. The van der Waals surface area contributed by atoms with Gasteiger partial charge in [0.2, 0.25) is 0 Å². The van der Waals surface area contributed by atoms with Gasteiger partial charge in [-0.2, -0.15) is 0 Å². The van der Waals surface area contributed by atoms with Crippen LogP contribution in [0.5, 0.6) is 0 Å². The van der Waals surface area contributed by atoms with Crippen molar-refractivity contribution < 1.29 is 13.3 Å². The number of benzene rings is 2. The maximum Gasteiger partial charge on any atom is 0.289 e. The van der Waals surface area contributed by atoms with Gasteiger partial charge in [-0.05, 0) is 36.8 Å². The molecule has 0 saturated carbocycles. The van der Waals surface area contributed by atoms with E-state index >= 15 is 0 Å². The molecule has 0 amide bonds. The standard InChI is InChI=1S/C13H10Cl2N2O4S/c1-8-10(14)3-2-4-12(8)16-22(20,21)9-5-6-11(15)13(7-9)17(18)19/h2-7,16H,1H3. The minimum absolute atomic E-state index is 0.136. The van der Waals surface area contributed by atoms with Crippen LogP contribution in [0.25, 0.3) is 0 Å². The average Bonchev–Trinajstić information content (AvgIpc) is 2.43. The smallest absolute Gasteiger partial charge is 0.279 e. The number of sulfonamides is 1. The number of anilines is 1. The van der Waals surface area contributed by atoms with Gasteiger partial charge in [-0.25, -0.2) is 8.42 Å². The van der Waals surface area contributed by atoms with Crippen LogP contribution < -0.4 is 4.72 Å². The summed E-state index contributed by atoms with van der Waals surface area (Å²) >= 11 is 11.6. The molecular weight excluding hydrogens is 351 g/mol. The third-order valence-electron chi connectivity index (χ3n) is 2.94. The van der Waals surface area contributed by atoms with Crippen molar-refractivity contribution in [2.75, 3.05) is 4.72 Å². The summed E-state index contributed by atoms with van der Waals surface area (Å²) in [5.74, 6) is 0. The lowest BCUT2D eigenvalue weighted by Crippen LogP contribution is -2.14. The highest BCUT2D eigenvalue weighted by Gasteiger charge is 2.21. The Bertz CT molecular complexity index is 853. The van der Waals surface area contributed by atoms with Crippen LogP contribution in [0.1, 0.15) is 5.56 Å². The SMILES string of the molecule is Cc1c(Cl)cccc1NS(=O)(=O)c1ccc(Cl)c([N+](=O)[O-])c1. The fourth-order valence-electron chi connectivity index (χ4n) is 1.72. The molecule has 2 aromatic rings. The number of nitro benzene ring substituents is 1. The Balaban J connectivity index is 2.45. The minimum Gasteiger partial charge on any atom is -0.279 e. The first-order chi connectivity index (χ1) is 10.2. The molecule has 0 radical (unpaired) electrons. The van der Waals surface area contributed by atoms with Gasteiger partial charge in [0.15, 0.2) is 0 Å². The van der Waals surface area contributed by atoms with Crippen LogP contribution in [0.15, 0.2) is 41.3 Å². The van der Waals surface area contributed by atoms with Crippen LogP contribution in [0.2, 0.25) is 10.0 Å². The van der Waals surface area contributed by atoms with Gasteiger partial charge in [0.25, 0.3) is 15.7 Å². The van der Waals surface area contributed by atoms with Crippen molar-refractivity contribution >= 4 is 44.6 Å². The van der Waals surface area contributed by atoms with E-state index in [-0.39, 0.29) is 9.92 Å². The summed E-state index contributed by atoms with van der Waals surface area (Å²) in [6.45, 7) is 1.66. The Labute approximate surface area is 136 Å². The average molecular weight is 361 g/mol. The molecule has 116 valence electrons.